The second-order valence-electron chi connectivity index (χ2n) is 8.12. The Bertz CT molecular complexity index is 1070. The van der Waals surface area contributed by atoms with Gasteiger partial charge >= 0.3 is 0 Å². The molecule has 0 radical (unpaired) electrons. The normalized spacial score (nSPS) is 15.5. The lowest BCUT2D eigenvalue weighted by Crippen LogP contribution is -2.40. The van der Waals surface area contributed by atoms with Gasteiger partial charge in [-0.3, -0.25) is 4.79 Å². The average molecular weight is 484 g/mol. The summed E-state index contributed by atoms with van der Waals surface area (Å²) < 4.78 is 2.11. The molecule has 0 saturated heterocycles. The Kier molecular flexibility index (Phi) is 7.75. The molecule has 6 nitrogen and oxygen atoms in total. The Morgan fingerprint density at radius 2 is 1.88 bits per heavy atom. The highest BCUT2D eigenvalue weighted by Crippen LogP contribution is 2.36. The maximum absolute atomic E-state index is 13.2. The van der Waals surface area contributed by atoms with Crippen molar-refractivity contribution >= 4 is 34.7 Å². The van der Waals surface area contributed by atoms with E-state index < -0.39 is 0 Å². The van der Waals surface area contributed by atoms with Crippen molar-refractivity contribution in [1.82, 2.24) is 19.7 Å². The molecule has 0 spiro atoms. The molecule has 1 aliphatic rings. The van der Waals surface area contributed by atoms with Crippen molar-refractivity contribution in [2.45, 2.75) is 58.3 Å². The second-order valence-corrected chi connectivity index (χ2v) is 10.1. The molecule has 1 unspecified atom stereocenters. The lowest BCUT2D eigenvalue weighted by atomic mass is 9.98. The maximum Gasteiger partial charge on any atom is 0.233 e. The van der Waals surface area contributed by atoms with E-state index in [4.69, 9.17) is 0 Å². The molecule has 0 N–H and O–H groups in total. The van der Waals surface area contributed by atoms with Gasteiger partial charge in [0, 0.05) is 42.3 Å². The highest BCUT2D eigenvalue weighted by molar-refractivity contribution is 7.99. The molecule has 176 valence electrons. The Labute approximate surface area is 205 Å². The van der Waals surface area contributed by atoms with Crippen LogP contribution >= 0.6 is 23.1 Å². The Hall–Kier alpha value is -2.32. The summed E-state index contributed by atoms with van der Waals surface area (Å²) in [7, 11) is 0. The van der Waals surface area contributed by atoms with Gasteiger partial charge < -0.3 is 14.4 Å². The van der Waals surface area contributed by atoms with Gasteiger partial charge in [-0.05, 0) is 74.9 Å². The van der Waals surface area contributed by atoms with Gasteiger partial charge in [-0.25, -0.2) is 0 Å². The Balaban J connectivity index is 1.46. The van der Waals surface area contributed by atoms with E-state index in [-0.39, 0.29) is 11.9 Å². The van der Waals surface area contributed by atoms with Gasteiger partial charge in [-0.1, -0.05) is 18.7 Å². The lowest BCUT2D eigenvalue weighted by Gasteiger charge is -2.35. The number of aromatic nitrogens is 3. The molecule has 0 saturated carbocycles. The van der Waals surface area contributed by atoms with Crippen LogP contribution < -0.4 is 4.90 Å². The molecule has 0 bridgehead atoms. The number of amides is 1. The molecule has 1 atom stereocenters. The fraction of sp³-hybridized carbons (Fsp3) is 0.480. The van der Waals surface area contributed by atoms with Gasteiger partial charge in [0.25, 0.3) is 0 Å². The molecule has 3 aromatic rings. The number of nitrogens with zero attached hydrogens (tertiary/aromatic N) is 5. The van der Waals surface area contributed by atoms with Crippen LogP contribution in [0.15, 0.2) is 40.9 Å². The molecule has 1 amide bonds. The van der Waals surface area contributed by atoms with Crippen molar-refractivity contribution in [3.63, 3.8) is 0 Å². The summed E-state index contributed by atoms with van der Waals surface area (Å²) in [5, 5.41) is 11.9. The Morgan fingerprint density at radius 3 is 2.55 bits per heavy atom. The van der Waals surface area contributed by atoms with Crippen LogP contribution in [0.25, 0.3) is 11.4 Å². The zero-order valence-corrected chi connectivity index (χ0v) is 21.6. The quantitative estimate of drug-likeness (QED) is 0.376. The summed E-state index contributed by atoms with van der Waals surface area (Å²) >= 11 is 3.30. The summed E-state index contributed by atoms with van der Waals surface area (Å²) in [6.07, 6.45) is 1.90. The number of thioether (sulfide) groups is 1. The third kappa shape index (κ3) is 4.82. The van der Waals surface area contributed by atoms with Crippen LogP contribution in [0, 0.1) is 0 Å². The summed E-state index contributed by atoms with van der Waals surface area (Å²) in [4.78, 5) is 19.0. The maximum atomic E-state index is 13.2. The minimum atomic E-state index is 0.180. The van der Waals surface area contributed by atoms with E-state index in [1.807, 2.05) is 11.3 Å². The molecule has 8 heteroatoms. The summed E-state index contributed by atoms with van der Waals surface area (Å²) in [6, 6.07) is 10.9. The number of hydrogen-bond donors (Lipinski definition) is 0. The first kappa shape index (κ1) is 23.8. The lowest BCUT2D eigenvalue weighted by molar-refractivity contribution is -0.131. The van der Waals surface area contributed by atoms with Crippen LogP contribution in [-0.2, 0) is 17.8 Å². The zero-order valence-electron chi connectivity index (χ0n) is 20.0. The predicted molar refractivity (Wildman–Crippen MR) is 138 cm³/mol. The van der Waals surface area contributed by atoms with E-state index >= 15 is 0 Å². The smallest absolute Gasteiger partial charge is 0.233 e. The van der Waals surface area contributed by atoms with Crippen LogP contribution in [0.5, 0.6) is 0 Å². The first-order chi connectivity index (χ1) is 16.1. The highest BCUT2D eigenvalue weighted by atomic mass is 32.2. The second kappa shape index (κ2) is 10.7. The molecular formula is C25H33N5OS2. The fourth-order valence-corrected chi connectivity index (χ4v) is 6.47. The molecular weight excluding hydrogens is 450 g/mol. The SMILES string of the molecule is CCC1c2ccsc2CCN1C(=O)CSc1nnc(-c2ccc(N(CC)CC)cc2)n1CC. The molecule has 1 aliphatic heterocycles. The molecule has 33 heavy (non-hydrogen) atoms. The number of fused-ring (bicyclic) bond motifs is 1. The Morgan fingerprint density at radius 1 is 1.12 bits per heavy atom. The van der Waals surface area contributed by atoms with Crippen molar-refractivity contribution in [2.24, 2.45) is 0 Å². The number of hydrogen-bond acceptors (Lipinski definition) is 6. The van der Waals surface area contributed by atoms with Crippen molar-refractivity contribution < 1.29 is 4.79 Å². The standard InChI is InChI=1S/C25H33N5OS2/c1-5-21-20-14-16-32-22(20)13-15-30(21)23(31)17-33-25-27-26-24(29(25)8-4)18-9-11-19(12-10-18)28(6-2)7-3/h9-12,14,16,21H,5-8,13,15,17H2,1-4H3. The first-order valence-electron chi connectivity index (χ1n) is 11.9. The number of carbonyl (C=O) groups excluding carboxylic acids is 1. The number of rotatable bonds is 9. The number of carbonyl (C=O) groups is 1. The van der Waals surface area contributed by atoms with Crippen molar-refractivity contribution in [3.8, 4) is 11.4 Å². The van der Waals surface area contributed by atoms with Gasteiger partial charge in [0.05, 0.1) is 11.8 Å². The summed E-state index contributed by atoms with van der Waals surface area (Å²) in [5.74, 6) is 1.42. The monoisotopic (exact) mass is 483 g/mol. The highest BCUT2D eigenvalue weighted by Gasteiger charge is 2.30. The van der Waals surface area contributed by atoms with Crippen LogP contribution in [0.4, 0.5) is 5.69 Å². The van der Waals surface area contributed by atoms with E-state index in [1.165, 1.54) is 27.9 Å². The van der Waals surface area contributed by atoms with E-state index in [1.54, 1.807) is 0 Å². The van der Waals surface area contributed by atoms with Gasteiger partial charge in [-0.2, -0.15) is 0 Å². The number of thiophene rings is 1. The van der Waals surface area contributed by atoms with Gasteiger partial charge in [0.2, 0.25) is 5.91 Å². The van der Waals surface area contributed by atoms with Crippen LogP contribution in [0.2, 0.25) is 0 Å². The fourth-order valence-electron chi connectivity index (χ4n) is 4.65. The summed E-state index contributed by atoms with van der Waals surface area (Å²) in [5.41, 5.74) is 3.59. The van der Waals surface area contributed by atoms with Crippen LogP contribution in [0.1, 0.15) is 50.6 Å². The van der Waals surface area contributed by atoms with Gasteiger partial charge in [0.15, 0.2) is 11.0 Å². The largest absolute Gasteiger partial charge is 0.372 e. The van der Waals surface area contributed by atoms with Crippen LogP contribution in [0.3, 0.4) is 0 Å². The minimum absolute atomic E-state index is 0.180. The first-order valence-corrected chi connectivity index (χ1v) is 13.7. The average Bonchev–Trinajstić information content (AvgIpc) is 3.49. The van der Waals surface area contributed by atoms with E-state index in [0.29, 0.717) is 5.75 Å². The van der Waals surface area contributed by atoms with E-state index in [0.717, 1.165) is 55.6 Å². The van der Waals surface area contributed by atoms with Crippen molar-refractivity contribution in [2.75, 3.05) is 30.3 Å². The molecule has 4 rings (SSSR count). The van der Waals surface area contributed by atoms with Crippen LogP contribution in [-0.4, -0.2) is 51.0 Å². The third-order valence-electron chi connectivity index (χ3n) is 6.41. The number of benzene rings is 1. The summed E-state index contributed by atoms with van der Waals surface area (Å²) in [6.45, 7) is 12.1. The minimum Gasteiger partial charge on any atom is -0.372 e. The van der Waals surface area contributed by atoms with Crippen molar-refractivity contribution in [3.05, 3.63) is 46.2 Å². The topological polar surface area (TPSA) is 54.3 Å². The molecule has 0 aliphatic carbocycles. The molecule has 1 aromatic carbocycles. The van der Waals surface area contributed by atoms with Gasteiger partial charge in [-0.15, -0.1) is 21.5 Å². The third-order valence-corrected chi connectivity index (χ3v) is 8.36. The number of anilines is 1. The van der Waals surface area contributed by atoms with Gasteiger partial charge in [0.1, 0.15) is 0 Å². The predicted octanol–water partition coefficient (Wildman–Crippen LogP) is 5.50. The zero-order chi connectivity index (χ0) is 23.4. The molecule has 3 heterocycles. The van der Waals surface area contributed by atoms with E-state index in [2.05, 4.69) is 88.0 Å². The molecule has 0 fully saturated rings. The van der Waals surface area contributed by atoms with Crippen molar-refractivity contribution in [1.29, 1.82) is 0 Å². The molecule has 2 aromatic heterocycles. The van der Waals surface area contributed by atoms with E-state index in [9.17, 15) is 4.79 Å².